The van der Waals surface area contributed by atoms with Gasteiger partial charge in [0.1, 0.15) is 5.82 Å². The first-order valence-electron chi connectivity index (χ1n) is 10.5. The molecule has 0 spiro atoms. The number of halogens is 1. The fourth-order valence-corrected chi connectivity index (χ4v) is 5.26. The van der Waals surface area contributed by atoms with Gasteiger partial charge in [0.15, 0.2) is 0 Å². The number of likely N-dealkylation sites (N-methyl/N-ethyl adjacent to an activating group) is 2. The smallest absolute Gasteiger partial charge is 0.219 e. The molecule has 1 aromatic carbocycles. The van der Waals surface area contributed by atoms with Gasteiger partial charge in [0.05, 0.1) is 22.7 Å². The Morgan fingerprint density at radius 3 is 2.73 bits per heavy atom. The Bertz CT molecular complexity index is 812. The molecular weight excluding hydrogens is 401 g/mol. The van der Waals surface area contributed by atoms with E-state index in [1.165, 1.54) is 6.07 Å². The van der Waals surface area contributed by atoms with Crippen LogP contribution >= 0.6 is 0 Å². The van der Waals surface area contributed by atoms with Crippen LogP contribution in [-0.4, -0.2) is 76.5 Å². The first kappa shape index (κ1) is 24.4. The minimum absolute atomic E-state index is 0.0267. The third kappa shape index (κ3) is 6.33. The molecule has 2 atom stereocenters. The minimum atomic E-state index is -1.19. The molecule has 1 saturated heterocycles. The molecule has 1 fully saturated rings. The van der Waals surface area contributed by atoms with Crippen LogP contribution in [0.5, 0.6) is 0 Å². The van der Waals surface area contributed by atoms with Gasteiger partial charge in [-0.25, -0.2) is 4.39 Å². The number of likely N-dealkylation sites (tertiary alicyclic amines) is 1. The van der Waals surface area contributed by atoms with Crippen LogP contribution in [0.3, 0.4) is 0 Å². The third-order valence-electron chi connectivity index (χ3n) is 5.56. The van der Waals surface area contributed by atoms with Gasteiger partial charge in [-0.05, 0) is 51.1 Å². The Labute approximate surface area is 182 Å². The number of rotatable bonds is 10. The molecule has 0 bridgehead atoms. The summed E-state index contributed by atoms with van der Waals surface area (Å²) in [7, 11) is 0.847. The summed E-state index contributed by atoms with van der Waals surface area (Å²) in [6.07, 6.45) is 4.26. The van der Waals surface area contributed by atoms with Crippen LogP contribution in [0, 0.1) is 5.82 Å². The van der Waals surface area contributed by atoms with Crippen LogP contribution < -0.4 is 0 Å². The Kier molecular flexibility index (Phi) is 9.39. The number of nitrogens with zero attached hydrogens (tertiary/aromatic N) is 3. The zero-order chi connectivity index (χ0) is 22.3. The van der Waals surface area contributed by atoms with Crippen molar-refractivity contribution in [1.82, 2.24) is 14.7 Å². The molecule has 5 nitrogen and oxygen atoms in total. The molecule has 1 aliphatic rings. The molecule has 7 heteroatoms. The van der Waals surface area contributed by atoms with Crippen LogP contribution in [0.15, 0.2) is 41.8 Å². The lowest BCUT2D eigenvalue weighted by Gasteiger charge is -2.27. The van der Waals surface area contributed by atoms with Crippen molar-refractivity contribution in [2.45, 2.75) is 37.3 Å². The fraction of sp³-hybridized carbons (Fsp3) is 0.522. The van der Waals surface area contributed by atoms with Crippen molar-refractivity contribution in [2.24, 2.45) is 0 Å². The monoisotopic (exact) mass is 435 g/mol. The van der Waals surface area contributed by atoms with Crippen LogP contribution in [0.4, 0.5) is 4.39 Å². The summed E-state index contributed by atoms with van der Waals surface area (Å²) in [6.45, 7) is 13.8. The van der Waals surface area contributed by atoms with Gasteiger partial charge in [-0.15, -0.1) is 0 Å². The summed E-state index contributed by atoms with van der Waals surface area (Å²) >= 11 is 0. The Balaban J connectivity index is 1.95. The maximum absolute atomic E-state index is 14.2. The number of hydrogen-bond acceptors (Lipinski definition) is 4. The van der Waals surface area contributed by atoms with Crippen molar-refractivity contribution in [3.63, 3.8) is 0 Å². The lowest BCUT2D eigenvalue weighted by molar-refractivity contribution is -0.128. The van der Waals surface area contributed by atoms with Crippen molar-refractivity contribution in [2.75, 3.05) is 46.4 Å². The highest BCUT2D eigenvalue weighted by Crippen LogP contribution is 2.26. The molecule has 0 N–H and O–H groups in total. The molecule has 0 saturated carbocycles. The molecule has 2 unspecified atom stereocenters. The van der Waals surface area contributed by atoms with Crippen molar-refractivity contribution in [1.29, 1.82) is 0 Å². The van der Waals surface area contributed by atoms with E-state index in [-0.39, 0.29) is 17.0 Å². The molecule has 0 aromatic heterocycles. The van der Waals surface area contributed by atoms with E-state index in [4.69, 9.17) is 0 Å². The second kappa shape index (κ2) is 11.5. The van der Waals surface area contributed by atoms with Crippen LogP contribution in [-0.2, 0) is 15.6 Å². The number of benzene rings is 1. The van der Waals surface area contributed by atoms with Crippen molar-refractivity contribution >= 4 is 22.3 Å². The Hall–Kier alpha value is -1.83. The highest BCUT2D eigenvalue weighted by Gasteiger charge is 2.29. The highest BCUT2D eigenvalue weighted by atomic mass is 32.2. The fourth-order valence-electron chi connectivity index (χ4n) is 3.77. The summed E-state index contributed by atoms with van der Waals surface area (Å²) in [5.41, 5.74) is 1.14. The number of hydrogen-bond donors (Lipinski definition) is 0. The predicted molar refractivity (Wildman–Crippen MR) is 122 cm³/mol. The van der Waals surface area contributed by atoms with Gasteiger partial charge in [-0.3, -0.25) is 18.8 Å². The summed E-state index contributed by atoms with van der Waals surface area (Å²) in [5, 5.41) is 0.0267. The molecule has 2 rings (SSSR count). The van der Waals surface area contributed by atoms with Gasteiger partial charge in [-0.2, -0.15) is 0 Å². The summed E-state index contributed by atoms with van der Waals surface area (Å²) in [6, 6.07) is 4.71. The van der Waals surface area contributed by atoms with E-state index in [9.17, 15) is 13.4 Å². The zero-order valence-electron chi connectivity index (χ0n) is 18.6. The van der Waals surface area contributed by atoms with Crippen LogP contribution in [0.1, 0.15) is 32.8 Å². The van der Waals surface area contributed by atoms with Crippen molar-refractivity contribution in [3.05, 3.63) is 48.3 Å². The number of amides is 1. The molecule has 30 heavy (non-hydrogen) atoms. The molecule has 0 aliphatic carbocycles. The van der Waals surface area contributed by atoms with Gasteiger partial charge < -0.3 is 4.90 Å². The largest absolute Gasteiger partial charge is 0.342 e. The number of carbonyl (C=O) groups excluding carboxylic acids is 1. The molecule has 1 aliphatic heterocycles. The quantitative estimate of drug-likeness (QED) is 0.529. The average Bonchev–Trinajstić information content (AvgIpc) is 3.18. The second-order valence-corrected chi connectivity index (χ2v) is 9.43. The maximum atomic E-state index is 14.2. The summed E-state index contributed by atoms with van der Waals surface area (Å²) < 4.78 is 27.3. The molecule has 1 heterocycles. The van der Waals surface area contributed by atoms with E-state index in [0.29, 0.717) is 29.1 Å². The second-order valence-electron chi connectivity index (χ2n) is 7.69. The summed E-state index contributed by atoms with van der Waals surface area (Å²) in [5.74, 6) is -0.233. The number of allylic oxidation sites excluding steroid dienone is 3. The molecule has 0 radical (unpaired) electrons. The van der Waals surface area contributed by atoms with Crippen molar-refractivity contribution in [3.8, 4) is 0 Å². The zero-order valence-corrected chi connectivity index (χ0v) is 19.4. The normalized spacial score (nSPS) is 18.6. The Morgan fingerprint density at radius 1 is 1.40 bits per heavy atom. The van der Waals surface area contributed by atoms with Gasteiger partial charge in [0, 0.05) is 50.1 Å². The average molecular weight is 436 g/mol. The van der Waals surface area contributed by atoms with Crippen LogP contribution in [0.25, 0.3) is 5.57 Å². The van der Waals surface area contributed by atoms with Gasteiger partial charge in [-0.1, -0.05) is 18.7 Å². The van der Waals surface area contributed by atoms with Gasteiger partial charge in [0.25, 0.3) is 0 Å². The topological polar surface area (TPSA) is 43.9 Å². The molecule has 1 amide bonds. The standard InChI is InChI=1S/C23H34FN3O2S/c1-6-19(7-2)22-15-20(9-10-23(22)24)30(29)21-11-12-26(16-21)17-25(5)13-14-27(8-3)18(4)28/h6-7,9-10,15,21H,1,8,11-14,16-17H2,2-5H3/b19-7+. The SMILES string of the molecule is C=C/C(=C\C)c1cc(S(=O)C2CCN(CN(C)CCN(CC)C(C)=O)C2)ccc1F. The maximum Gasteiger partial charge on any atom is 0.219 e. The van der Waals surface area contributed by atoms with E-state index in [0.717, 1.165) is 32.7 Å². The molecule has 1 aromatic rings. The Morgan fingerprint density at radius 2 is 2.13 bits per heavy atom. The van der Waals surface area contributed by atoms with E-state index in [1.807, 2.05) is 25.8 Å². The lowest BCUT2D eigenvalue weighted by atomic mass is 10.1. The van der Waals surface area contributed by atoms with Crippen molar-refractivity contribution < 1.29 is 13.4 Å². The predicted octanol–water partition coefficient (Wildman–Crippen LogP) is 3.35. The first-order valence-corrected chi connectivity index (χ1v) is 11.7. The van der Waals surface area contributed by atoms with E-state index in [2.05, 4.69) is 16.4 Å². The van der Waals surface area contributed by atoms with Gasteiger partial charge in [0.2, 0.25) is 5.91 Å². The van der Waals surface area contributed by atoms with E-state index < -0.39 is 10.8 Å². The highest BCUT2D eigenvalue weighted by molar-refractivity contribution is 7.85. The van der Waals surface area contributed by atoms with Gasteiger partial charge >= 0.3 is 0 Å². The first-order chi connectivity index (χ1) is 14.3. The van der Waals surface area contributed by atoms with Crippen LogP contribution in [0.2, 0.25) is 0 Å². The summed E-state index contributed by atoms with van der Waals surface area (Å²) in [4.78, 5) is 18.5. The lowest BCUT2D eigenvalue weighted by Crippen LogP contribution is -2.40. The molecular formula is C23H34FN3O2S. The number of carbonyl (C=O) groups is 1. The van der Waals surface area contributed by atoms with E-state index >= 15 is 0 Å². The third-order valence-corrected chi connectivity index (χ3v) is 7.27. The molecule has 166 valence electrons. The minimum Gasteiger partial charge on any atom is -0.342 e. The van der Waals surface area contributed by atoms with E-state index in [1.54, 1.807) is 31.2 Å².